The van der Waals surface area contributed by atoms with Crippen LogP contribution in [-0.4, -0.2) is 13.2 Å². The zero-order chi connectivity index (χ0) is 12.2. The highest BCUT2D eigenvalue weighted by Crippen LogP contribution is 2.25. The van der Waals surface area contributed by atoms with Gasteiger partial charge in [-0.25, -0.2) is 0 Å². The van der Waals surface area contributed by atoms with Gasteiger partial charge in [-0.3, -0.25) is 0 Å². The Bertz CT molecular complexity index is 345. The molecule has 1 aromatic rings. The van der Waals surface area contributed by atoms with Crippen LogP contribution in [0.25, 0.3) is 0 Å². The van der Waals surface area contributed by atoms with Gasteiger partial charge in [-0.2, -0.15) is 0 Å². The van der Waals surface area contributed by atoms with E-state index in [1.165, 1.54) is 16.7 Å². The Balaban J connectivity index is 2.83. The van der Waals surface area contributed by atoms with E-state index < -0.39 is 0 Å². The quantitative estimate of drug-likeness (QED) is 0.776. The predicted octanol–water partition coefficient (Wildman–Crippen LogP) is 2.90. The van der Waals surface area contributed by atoms with E-state index in [1.54, 1.807) is 0 Å². The predicted molar refractivity (Wildman–Crippen MR) is 68.6 cm³/mol. The average Bonchev–Trinajstić information content (AvgIpc) is 2.22. The highest BCUT2D eigenvalue weighted by atomic mass is 16.5. The van der Waals surface area contributed by atoms with Crippen molar-refractivity contribution in [2.45, 2.75) is 39.7 Å². The van der Waals surface area contributed by atoms with Crippen molar-refractivity contribution in [3.63, 3.8) is 0 Å². The molecule has 0 saturated heterocycles. The van der Waals surface area contributed by atoms with Crippen molar-refractivity contribution in [2.75, 3.05) is 13.2 Å². The fourth-order valence-corrected chi connectivity index (χ4v) is 1.91. The zero-order valence-electron chi connectivity index (χ0n) is 10.8. The van der Waals surface area contributed by atoms with E-state index in [-0.39, 0.29) is 5.54 Å². The largest absolute Gasteiger partial charge is 0.382 e. The molecule has 0 aliphatic carbocycles. The molecule has 1 rings (SSSR count). The molecular formula is C14H23NO. The minimum atomic E-state index is -0.300. The van der Waals surface area contributed by atoms with Crippen molar-refractivity contribution < 1.29 is 4.74 Å². The number of hydrogen-bond donors (Lipinski definition) is 1. The molecule has 0 bridgehead atoms. The van der Waals surface area contributed by atoms with E-state index in [9.17, 15) is 0 Å². The Morgan fingerprint density at radius 1 is 1.31 bits per heavy atom. The Morgan fingerprint density at radius 3 is 2.62 bits per heavy atom. The number of aryl methyl sites for hydroxylation is 2. The maximum Gasteiger partial charge on any atom is 0.0486 e. The summed E-state index contributed by atoms with van der Waals surface area (Å²) < 4.78 is 5.38. The second-order valence-corrected chi connectivity index (χ2v) is 4.68. The third kappa shape index (κ3) is 3.32. The molecule has 0 fully saturated rings. The number of hydrogen-bond acceptors (Lipinski definition) is 2. The van der Waals surface area contributed by atoms with Crippen molar-refractivity contribution in [1.29, 1.82) is 0 Å². The summed E-state index contributed by atoms with van der Waals surface area (Å²) >= 11 is 0. The Labute approximate surface area is 98.8 Å². The van der Waals surface area contributed by atoms with Crippen LogP contribution in [0.2, 0.25) is 0 Å². The fourth-order valence-electron chi connectivity index (χ4n) is 1.91. The molecule has 0 heterocycles. The number of rotatable bonds is 5. The fraction of sp³-hybridized carbons (Fsp3) is 0.571. The van der Waals surface area contributed by atoms with Crippen molar-refractivity contribution in [3.8, 4) is 0 Å². The molecule has 0 aliphatic heterocycles. The highest BCUT2D eigenvalue weighted by Gasteiger charge is 2.22. The first-order valence-corrected chi connectivity index (χ1v) is 5.91. The van der Waals surface area contributed by atoms with Crippen molar-refractivity contribution in [1.82, 2.24) is 0 Å². The first-order valence-electron chi connectivity index (χ1n) is 5.91. The minimum Gasteiger partial charge on any atom is -0.382 e. The summed E-state index contributed by atoms with van der Waals surface area (Å²) in [7, 11) is 0. The van der Waals surface area contributed by atoms with Crippen LogP contribution < -0.4 is 5.73 Å². The van der Waals surface area contributed by atoms with Crippen molar-refractivity contribution in [2.24, 2.45) is 5.73 Å². The molecule has 0 aromatic heterocycles. The van der Waals surface area contributed by atoms with Crippen LogP contribution in [-0.2, 0) is 10.3 Å². The molecule has 2 nitrogen and oxygen atoms in total. The van der Waals surface area contributed by atoms with Gasteiger partial charge in [-0.05, 0) is 45.2 Å². The van der Waals surface area contributed by atoms with Crippen molar-refractivity contribution >= 4 is 0 Å². The average molecular weight is 221 g/mol. The minimum absolute atomic E-state index is 0.300. The molecule has 2 N–H and O–H groups in total. The highest BCUT2D eigenvalue weighted by molar-refractivity contribution is 5.35. The Kier molecular flexibility index (Phi) is 4.51. The smallest absolute Gasteiger partial charge is 0.0486 e. The first-order chi connectivity index (χ1) is 7.47. The van der Waals surface area contributed by atoms with Gasteiger partial charge in [-0.15, -0.1) is 0 Å². The molecule has 0 aliphatic rings. The van der Waals surface area contributed by atoms with Crippen LogP contribution in [0.3, 0.4) is 0 Å². The van der Waals surface area contributed by atoms with Gasteiger partial charge in [-0.1, -0.05) is 23.8 Å². The summed E-state index contributed by atoms with van der Waals surface area (Å²) in [6.07, 6.45) is 0.852. The molecule has 0 saturated carbocycles. The summed E-state index contributed by atoms with van der Waals surface area (Å²) in [5.74, 6) is 0. The first kappa shape index (κ1) is 13.2. The second-order valence-electron chi connectivity index (χ2n) is 4.68. The van der Waals surface area contributed by atoms with Gasteiger partial charge in [0, 0.05) is 18.8 Å². The summed E-state index contributed by atoms with van der Waals surface area (Å²) in [6, 6.07) is 6.44. The molecular weight excluding hydrogens is 198 g/mol. The van der Waals surface area contributed by atoms with Crippen LogP contribution in [0.15, 0.2) is 18.2 Å². The van der Waals surface area contributed by atoms with Gasteiger partial charge in [0.15, 0.2) is 0 Å². The van der Waals surface area contributed by atoms with Gasteiger partial charge in [0.25, 0.3) is 0 Å². The number of nitrogens with two attached hydrogens (primary N) is 1. The van der Waals surface area contributed by atoms with E-state index in [0.29, 0.717) is 0 Å². The van der Waals surface area contributed by atoms with Gasteiger partial charge < -0.3 is 10.5 Å². The number of ether oxygens (including phenoxy) is 1. The van der Waals surface area contributed by atoms with Crippen molar-refractivity contribution in [3.05, 3.63) is 34.9 Å². The SMILES string of the molecule is CCOCCC(C)(N)c1cc(C)ccc1C. The van der Waals surface area contributed by atoms with Crippen LogP contribution in [0.5, 0.6) is 0 Å². The normalized spacial score (nSPS) is 14.8. The van der Waals surface area contributed by atoms with Gasteiger partial charge >= 0.3 is 0 Å². The second kappa shape index (κ2) is 5.46. The summed E-state index contributed by atoms with van der Waals surface area (Å²) in [5.41, 5.74) is 9.81. The van der Waals surface area contributed by atoms with Gasteiger partial charge in [0.2, 0.25) is 0 Å². The monoisotopic (exact) mass is 221 g/mol. The van der Waals surface area contributed by atoms with Gasteiger partial charge in [0.05, 0.1) is 0 Å². The summed E-state index contributed by atoms with van der Waals surface area (Å²) in [4.78, 5) is 0. The number of benzene rings is 1. The molecule has 1 atom stereocenters. The lowest BCUT2D eigenvalue weighted by molar-refractivity contribution is 0.128. The lowest BCUT2D eigenvalue weighted by Crippen LogP contribution is -2.35. The zero-order valence-corrected chi connectivity index (χ0v) is 10.8. The van der Waals surface area contributed by atoms with E-state index >= 15 is 0 Å². The van der Waals surface area contributed by atoms with E-state index in [0.717, 1.165) is 19.6 Å². The lowest BCUT2D eigenvalue weighted by atomic mass is 9.86. The van der Waals surface area contributed by atoms with Gasteiger partial charge in [0.1, 0.15) is 0 Å². The third-order valence-corrected chi connectivity index (χ3v) is 2.98. The summed E-state index contributed by atoms with van der Waals surface area (Å²) in [5, 5.41) is 0. The molecule has 16 heavy (non-hydrogen) atoms. The topological polar surface area (TPSA) is 35.2 Å². The van der Waals surface area contributed by atoms with E-state index in [2.05, 4.69) is 39.0 Å². The maximum atomic E-state index is 6.37. The summed E-state index contributed by atoms with van der Waals surface area (Å²) in [6.45, 7) is 9.77. The van der Waals surface area contributed by atoms with Crippen LogP contribution in [0, 0.1) is 13.8 Å². The standard InChI is InChI=1S/C14H23NO/c1-5-16-9-8-14(4,15)13-10-11(2)6-7-12(13)3/h6-7,10H,5,8-9,15H2,1-4H3. The molecule has 2 heteroatoms. The molecule has 90 valence electrons. The van der Waals surface area contributed by atoms with Crippen LogP contribution >= 0.6 is 0 Å². The van der Waals surface area contributed by atoms with E-state index in [1.807, 2.05) is 6.92 Å². The Hall–Kier alpha value is -0.860. The lowest BCUT2D eigenvalue weighted by Gasteiger charge is -2.27. The molecule has 1 unspecified atom stereocenters. The third-order valence-electron chi connectivity index (χ3n) is 2.98. The van der Waals surface area contributed by atoms with E-state index in [4.69, 9.17) is 10.5 Å². The van der Waals surface area contributed by atoms with Crippen LogP contribution in [0.1, 0.15) is 37.0 Å². The van der Waals surface area contributed by atoms with Crippen LogP contribution in [0.4, 0.5) is 0 Å². The molecule has 0 amide bonds. The molecule has 1 aromatic carbocycles. The maximum absolute atomic E-state index is 6.37. The molecule has 0 radical (unpaired) electrons. The molecule has 0 spiro atoms. The Morgan fingerprint density at radius 2 is 2.00 bits per heavy atom.